The van der Waals surface area contributed by atoms with E-state index in [9.17, 15) is 0 Å². The number of fused-ring (bicyclic) bond motifs is 2. The lowest BCUT2D eigenvalue weighted by Crippen LogP contribution is -2.42. The molecule has 1 heteroatoms. The van der Waals surface area contributed by atoms with E-state index in [4.69, 9.17) is 5.32 Å². The topological polar surface area (TPSA) is 14.1 Å². The van der Waals surface area contributed by atoms with Gasteiger partial charge < -0.3 is 5.32 Å². The predicted octanol–water partition coefficient (Wildman–Crippen LogP) is 4.48. The third-order valence-electron chi connectivity index (χ3n) is 6.85. The summed E-state index contributed by atoms with van der Waals surface area (Å²) in [6, 6.07) is 0. The van der Waals surface area contributed by atoms with Gasteiger partial charge in [-0.15, -0.1) is 5.54 Å². The van der Waals surface area contributed by atoms with Gasteiger partial charge in [-0.1, -0.05) is 33.6 Å². The van der Waals surface area contributed by atoms with Crippen molar-refractivity contribution in [2.75, 3.05) is 7.05 Å². The molecule has 6 atom stereocenters. The van der Waals surface area contributed by atoms with Crippen LogP contribution in [0.5, 0.6) is 0 Å². The smallest absolute Gasteiger partial charge is 0.0304 e. The van der Waals surface area contributed by atoms with Crippen molar-refractivity contribution in [1.82, 2.24) is 0 Å². The lowest BCUT2D eigenvalue weighted by Gasteiger charge is -2.52. The van der Waals surface area contributed by atoms with Crippen LogP contribution in [0.1, 0.15) is 53.4 Å². The number of hydrogen-bond acceptors (Lipinski definition) is 0. The summed E-state index contributed by atoms with van der Waals surface area (Å²) in [5.41, 5.74) is 0.917. The third kappa shape index (κ3) is 1.41. The summed E-state index contributed by atoms with van der Waals surface area (Å²) in [5.74, 6) is 4.57. The SMILES string of the molecule is C[N-]C1(C)C2CC3CC(C)(C2)C1C[C@H]3C(C)C. The quantitative estimate of drug-likeness (QED) is 0.669. The molecular formula is C16H28N-. The summed E-state index contributed by atoms with van der Waals surface area (Å²) in [6.07, 6.45) is 5.85. The summed E-state index contributed by atoms with van der Waals surface area (Å²) >= 11 is 0. The van der Waals surface area contributed by atoms with Crippen LogP contribution in [0.4, 0.5) is 0 Å². The van der Waals surface area contributed by atoms with Crippen molar-refractivity contribution in [3.63, 3.8) is 0 Å². The highest BCUT2D eigenvalue weighted by Crippen LogP contribution is 2.69. The fourth-order valence-electron chi connectivity index (χ4n) is 5.97. The molecule has 0 N–H and O–H groups in total. The van der Waals surface area contributed by atoms with Gasteiger partial charge in [-0.05, 0) is 54.8 Å². The molecule has 0 aromatic rings. The molecule has 3 rings (SSSR count). The van der Waals surface area contributed by atoms with Gasteiger partial charge in [0.25, 0.3) is 0 Å². The van der Waals surface area contributed by atoms with E-state index in [1.807, 2.05) is 0 Å². The van der Waals surface area contributed by atoms with Gasteiger partial charge in [0, 0.05) is 0 Å². The maximum absolute atomic E-state index is 4.88. The fourth-order valence-corrected chi connectivity index (χ4v) is 5.97. The van der Waals surface area contributed by atoms with E-state index in [2.05, 4.69) is 34.7 Å². The first-order valence-electron chi connectivity index (χ1n) is 7.51. The predicted molar refractivity (Wildman–Crippen MR) is 73.1 cm³/mol. The minimum Gasteiger partial charge on any atom is -0.659 e. The lowest BCUT2D eigenvalue weighted by molar-refractivity contribution is 0.0115. The molecule has 3 aliphatic carbocycles. The molecule has 0 aromatic carbocycles. The van der Waals surface area contributed by atoms with Crippen LogP contribution in [0, 0.1) is 35.0 Å². The number of rotatable bonds is 2. The summed E-state index contributed by atoms with van der Waals surface area (Å²) in [7, 11) is 2.07. The second kappa shape index (κ2) is 3.50. The minimum absolute atomic E-state index is 0.299. The van der Waals surface area contributed by atoms with Crippen LogP contribution < -0.4 is 0 Å². The van der Waals surface area contributed by atoms with Crippen LogP contribution in [-0.2, 0) is 0 Å². The Kier molecular flexibility index (Phi) is 2.47. The fraction of sp³-hybridized carbons (Fsp3) is 1.00. The zero-order valence-corrected chi connectivity index (χ0v) is 12.2. The first-order valence-corrected chi connectivity index (χ1v) is 7.51. The first kappa shape index (κ1) is 12.0. The van der Waals surface area contributed by atoms with E-state index in [0.29, 0.717) is 11.0 Å². The second-order valence-electron chi connectivity index (χ2n) is 7.90. The molecule has 0 aromatic heterocycles. The van der Waals surface area contributed by atoms with E-state index in [-0.39, 0.29) is 0 Å². The van der Waals surface area contributed by atoms with Gasteiger partial charge in [0.2, 0.25) is 0 Å². The second-order valence-corrected chi connectivity index (χ2v) is 7.90. The van der Waals surface area contributed by atoms with Crippen molar-refractivity contribution in [1.29, 1.82) is 0 Å². The lowest BCUT2D eigenvalue weighted by atomic mass is 9.56. The van der Waals surface area contributed by atoms with Crippen LogP contribution in [0.3, 0.4) is 0 Å². The highest BCUT2D eigenvalue weighted by Gasteiger charge is 2.60. The molecule has 0 spiro atoms. The van der Waals surface area contributed by atoms with Crippen LogP contribution in [0.15, 0.2) is 0 Å². The summed E-state index contributed by atoms with van der Waals surface area (Å²) in [5, 5.41) is 4.88. The molecule has 0 heterocycles. The summed E-state index contributed by atoms with van der Waals surface area (Å²) in [4.78, 5) is 0. The zero-order chi connectivity index (χ0) is 12.4. The van der Waals surface area contributed by atoms with E-state index in [0.717, 1.165) is 29.6 Å². The van der Waals surface area contributed by atoms with E-state index < -0.39 is 0 Å². The van der Waals surface area contributed by atoms with Crippen LogP contribution in [0.2, 0.25) is 0 Å². The highest BCUT2D eigenvalue weighted by atomic mass is 15.0. The van der Waals surface area contributed by atoms with Gasteiger partial charge in [-0.3, -0.25) is 0 Å². The Balaban J connectivity index is 1.99. The molecule has 3 saturated carbocycles. The van der Waals surface area contributed by atoms with Gasteiger partial charge in [0.1, 0.15) is 0 Å². The Bertz CT molecular complexity index is 323. The van der Waals surface area contributed by atoms with Crippen LogP contribution >= 0.6 is 0 Å². The van der Waals surface area contributed by atoms with E-state index in [1.165, 1.54) is 25.7 Å². The van der Waals surface area contributed by atoms with Crippen LogP contribution in [0.25, 0.3) is 5.32 Å². The summed E-state index contributed by atoms with van der Waals surface area (Å²) < 4.78 is 0. The molecule has 0 aliphatic heterocycles. The van der Waals surface area contributed by atoms with Gasteiger partial charge in [0.15, 0.2) is 0 Å². The number of nitrogens with zero attached hydrogens (tertiary/aromatic N) is 1. The molecule has 5 unspecified atom stereocenters. The zero-order valence-electron chi connectivity index (χ0n) is 12.2. The molecule has 3 fully saturated rings. The Morgan fingerprint density at radius 1 is 1.12 bits per heavy atom. The maximum atomic E-state index is 4.88. The normalized spacial score (nSPS) is 56.8. The van der Waals surface area contributed by atoms with Crippen LogP contribution in [-0.4, -0.2) is 12.6 Å². The molecule has 0 radical (unpaired) electrons. The Labute approximate surface area is 107 Å². The van der Waals surface area contributed by atoms with E-state index >= 15 is 0 Å². The highest BCUT2D eigenvalue weighted by molar-refractivity contribution is 5.23. The van der Waals surface area contributed by atoms with Crippen molar-refractivity contribution in [3.05, 3.63) is 5.32 Å². The summed E-state index contributed by atoms with van der Waals surface area (Å²) in [6.45, 7) is 9.88. The molecule has 3 aliphatic rings. The standard InChI is InChI=1S/C16H28N/c1-10(2)13-7-14-15(3)8-11(13)6-12(9-15)16(14,4)17-5/h10-14H,6-9H2,1-5H3/q-1/t11?,12?,13-,14?,15?,16?/m0/s1. The van der Waals surface area contributed by atoms with E-state index in [1.54, 1.807) is 0 Å². The van der Waals surface area contributed by atoms with Crippen molar-refractivity contribution in [3.8, 4) is 0 Å². The van der Waals surface area contributed by atoms with Gasteiger partial charge >= 0.3 is 0 Å². The Morgan fingerprint density at radius 2 is 1.82 bits per heavy atom. The average molecular weight is 234 g/mol. The molecule has 0 amide bonds. The third-order valence-corrected chi connectivity index (χ3v) is 6.85. The molecule has 1 nitrogen and oxygen atoms in total. The molecule has 98 valence electrons. The number of hydrogen-bond donors (Lipinski definition) is 0. The first-order chi connectivity index (χ1) is 7.90. The Hall–Kier alpha value is -0.0400. The minimum atomic E-state index is 0.299. The average Bonchev–Trinajstić information content (AvgIpc) is 2.35. The molecule has 17 heavy (non-hydrogen) atoms. The largest absolute Gasteiger partial charge is 0.659 e. The van der Waals surface area contributed by atoms with Gasteiger partial charge in [-0.2, -0.15) is 7.05 Å². The Morgan fingerprint density at radius 3 is 2.41 bits per heavy atom. The van der Waals surface area contributed by atoms with Crippen molar-refractivity contribution in [2.45, 2.75) is 58.9 Å². The molecule has 3 bridgehead atoms. The van der Waals surface area contributed by atoms with Crippen molar-refractivity contribution in [2.24, 2.45) is 35.0 Å². The molecular weight excluding hydrogens is 206 g/mol. The van der Waals surface area contributed by atoms with Gasteiger partial charge in [-0.25, -0.2) is 0 Å². The molecule has 0 saturated heterocycles. The van der Waals surface area contributed by atoms with Gasteiger partial charge in [0.05, 0.1) is 0 Å². The monoisotopic (exact) mass is 234 g/mol. The van der Waals surface area contributed by atoms with Crippen molar-refractivity contribution < 1.29 is 0 Å². The van der Waals surface area contributed by atoms with Crippen molar-refractivity contribution >= 4 is 0 Å². The maximum Gasteiger partial charge on any atom is -0.0304 e.